The minimum atomic E-state index is -3.31. The summed E-state index contributed by atoms with van der Waals surface area (Å²) in [6.07, 6.45) is 2.53. The van der Waals surface area contributed by atoms with Crippen molar-refractivity contribution in [3.8, 4) is 5.75 Å². The molecule has 0 aromatic heterocycles. The zero-order chi connectivity index (χ0) is 13.7. The Morgan fingerprint density at radius 2 is 1.95 bits per heavy atom. The number of nitrogens with zero attached hydrogens (tertiary/aromatic N) is 1. The summed E-state index contributed by atoms with van der Waals surface area (Å²) < 4.78 is 33.3. The van der Waals surface area contributed by atoms with Crippen molar-refractivity contribution in [1.82, 2.24) is 9.03 Å². The summed E-state index contributed by atoms with van der Waals surface area (Å²) in [7, 11) is -1.69. The molecular formula is C13H20N2O3S. The second-order valence-corrected chi connectivity index (χ2v) is 6.32. The first-order valence-corrected chi connectivity index (χ1v) is 7.94. The predicted molar refractivity (Wildman–Crippen MR) is 74.4 cm³/mol. The fourth-order valence-corrected chi connectivity index (χ4v) is 3.53. The van der Waals surface area contributed by atoms with Gasteiger partial charge in [-0.15, -0.1) is 0 Å². The van der Waals surface area contributed by atoms with Crippen LogP contribution in [0.2, 0.25) is 0 Å². The van der Waals surface area contributed by atoms with E-state index in [1.54, 1.807) is 7.11 Å². The van der Waals surface area contributed by atoms with E-state index in [1.807, 2.05) is 24.3 Å². The lowest BCUT2D eigenvalue weighted by atomic mass is 10.1. The molecule has 1 aliphatic heterocycles. The van der Waals surface area contributed by atoms with E-state index in [9.17, 15) is 8.42 Å². The van der Waals surface area contributed by atoms with E-state index in [4.69, 9.17) is 4.74 Å². The summed E-state index contributed by atoms with van der Waals surface area (Å²) in [5, 5.41) is 0. The third kappa shape index (κ3) is 3.68. The average molecular weight is 284 g/mol. The van der Waals surface area contributed by atoms with Crippen molar-refractivity contribution >= 4 is 10.2 Å². The Kier molecular flexibility index (Phi) is 4.79. The lowest BCUT2D eigenvalue weighted by Gasteiger charge is -2.16. The number of hydrogen-bond acceptors (Lipinski definition) is 3. The molecule has 1 heterocycles. The summed E-state index contributed by atoms with van der Waals surface area (Å²) in [4.78, 5) is 0. The largest absolute Gasteiger partial charge is 0.496 e. The molecule has 0 saturated carbocycles. The maximum atomic E-state index is 12.0. The molecule has 1 N–H and O–H groups in total. The van der Waals surface area contributed by atoms with Gasteiger partial charge < -0.3 is 4.74 Å². The fourth-order valence-electron chi connectivity index (χ4n) is 2.24. The van der Waals surface area contributed by atoms with Crippen molar-refractivity contribution < 1.29 is 13.2 Å². The minimum Gasteiger partial charge on any atom is -0.496 e. The Hall–Kier alpha value is -1.11. The lowest BCUT2D eigenvalue weighted by molar-refractivity contribution is 0.409. The third-order valence-corrected chi connectivity index (χ3v) is 4.89. The number of nitrogens with one attached hydrogen (secondary N) is 1. The lowest BCUT2D eigenvalue weighted by Crippen LogP contribution is -2.39. The predicted octanol–water partition coefficient (Wildman–Crippen LogP) is 1.17. The zero-order valence-corrected chi connectivity index (χ0v) is 11.9. The van der Waals surface area contributed by atoms with Gasteiger partial charge in [-0.3, -0.25) is 0 Å². The van der Waals surface area contributed by atoms with Crippen LogP contribution in [-0.2, 0) is 16.6 Å². The van der Waals surface area contributed by atoms with Crippen LogP contribution < -0.4 is 9.46 Å². The molecule has 1 fully saturated rings. The second-order valence-electron chi connectivity index (χ2n) is 4.57. The molecule has 19 heavy (non-hydrogen) atoms. The topological polar surface area (TPSA) is 58.6 Å². The molecule has 5 nitrogen and oxygen atoms in total. The summed E-state index contributed by atoms with van der Waals surface area (Å²) in [5.74, 6) is 0.794. The van der Waals surface area contributed by atoms with Gasteiger partial charge in [-0.25, -0.2) is 4.72 Å². The third-order valence-electron chi connectivity index (χ3n) is 3.28. The van der Waals surface area contributed by atoms with E-state index in [0.29, 0.717) is 26.1 Å². The van der Waals surface area contributed by atoms with Crippen LogP contribution in [0.1, 0.15) is 18.4 Å². The number of para-hydroxylation sites is 1. The van der Waals surface area contributed by atoms with E-state index in [-0.39, 0.29) is 0 Å². The van der Waals surface area contributed by atoms with Crippen molar-refractivity contribution in [1.29, 1.82) is 0 Å². The molecule has 2 rings (SSSR count). The van der Waals surface area contributed by atoms with Gasteiger partial charge in [0.05, 0.1) is 7.11 Å². The highest BCUT2D eigenvalue weighted by Crippen LogP contribution is 2.17. The highest BCUT2D eigenvalue weighted by atomic mass is 32.2. The van der Waals surface area contributed by atoms with Gasteiger partial charge in [-0.05, 0) is 30.9 Å². The molecule has 106 valence electrons. The quantitative estimate of drug-likeness (QED) is 0.853. The normalized spacial score (nSPS) is 16.7. The van der Waals surface area contributed by atoms with Crippen molar-refractivity contribution in [2.45, 2.75) is 19.3 Å². The summed E-state index contributed by atoms with van der Waals surface area (Å²) in [6.45, 7) is 1.65. The number of benzene rings is 1. The van der Waals surface area contributed by atoms with Crippen molar-refractivity contribution in [3.05, 3.63) is 29.8 Å². The number of ether oxygens (including phenoxy) is 1. The van der Waals surface area contributed by atoms with E-state index >= 15 is 0 Å². The van der Waals surface area contributed by atoms with Gasteiger partial charge in [-0.2, -0.15) is 12.7 Å². The van der Waals surface area contributed by atoms with Gasteiger partial charge in [-0.1, -0.05) is 18.2 Å². The SMILES string of the molecule is COc1ccccc1CCNS(=O)(=O)N1CCCC1. The molecule has 1 aliphatic rings. The molecule has 6 heteroatoms. The Morgan fingerprint density at radius 3 is 2.63 bits per heavy atom. The summed E-state index contributed by atoms with van der Waals surface area (Å²) in [6, 6.07) is 7.65. The molecule has 1 aromatic carbocycles. The highest BCUT2D eigenvalue weighted by Gasteiger charge is 2.24. The van der Waals surface area contributed by atoms with Crippen LogP contribution in [0, 0.1) is 0 Å². The van der Waals surface area contributed by atoms with E-state index in [2.05, 4.69) is 4.72 Å². The Morgan fingerprint density at radius 1 is 1.26 bits per heavy atom. The molecule has 0 aliphatic carbocycles. The standard InChI is InChI=1S/C13H20N2O3S/c1-18-13-7-3-2-6-12(13)8-9-14-19(16,17)15-10-4-5-11-15/h2-3,6-7,14H,4-5,8-11H2,1H3. The highest BCUT2D eigenvalue weighted by molar-refractivity contribution is 7.87. The molecule has 0 amide bonds. The van der Waals surface area contributed by atoms with Gasteiger partial charge in [0, 0.05) is 19.6 Å². The van der Waals surface area contributed by atoms with Crippen LogP contribution in [-0.4, -0.2) is 39.5 Å². The molecular weight excluding hydrogens is 264 g/mol. The maximum Gasteiger partial charge on any atom is 0.279 e. The van der Waals surface area contributed by atoms with Crippen molar-refractivity contribution in [2.24, 2.45) is 0 Å². The van der Waals surface area contributed by atoms with Crippen LogP contribution in [0.25, 0.3) is 0 Å². The van der Waals surface area contributed by atoms with Crippen LogP contribution >= 0.6 is 0 Å². The number of hydrogen-bond donors (Lipinski definition) is 1. The first-order chi connectivity index (χ1) is 9.13. The Labute approximate surface area is 114 Å². The number of methoxy groups -OCH3 is 1. The maximum absolute atomic E-state index is 12.0. The van der Waals surface area contributed by atoms with Gasteiger partial charge in [0.15, 0.2) is 0 Å². The Balaban J connectivity index is 1.89. The first kappa shape index (κ1) is 14.3. The molecule has 0 radical (unpaired) electrons. The first-order valence-electron chi connectivity index (χ1n) is 6.50. The molecule has 1 saturated heterocycles. The van der Waals surface area contributed by atoms with Crippen LogP contribution in [0.3, 0.4) is 0 Å². The molecule has 0 atom stereocenters. The van der Waals surface area contributed by atoms with E-state index < -0.39 is 10.2 Å². The fraction of sp³-hybridized carbons (Fsp3) is 0.538. The zero-order valence-electron chi connectivity index (χ0n) is 11.1. The summed E-state index contributed by atoms with van der Waals surface area (Å²) in [5.41, 5.74) is 1.01. The second kappa shape index (κ2) is 6.36. The molecule has 0 unspecified atom stereocenters. The van der Waals surface area contributed by atoms with Gasteiger partial charge in [0.25, 0.3) is 10.2 Å². The molecule has 0 bridgehead atoms. The van der Waals surface area contributed by atoms with Crippen LogP contribution in [0.4, 0.5) is 0 Å². The average Bonchev–Trinajstić information content (AvgIpc) is 2.94. The van der Waals surface area contributed by atoms with Crippen molar-refractivity contribution in [2.75, 3.05) is 26.7 Å². The van der Waals surface area contributed by atoms with E-state index in [1.165, 1.54) is 4.31 Å². The minimum absolute atomic E-state index is 0.388. The van der Waals surface area contributed by atoms with Crippen molar-refractivity contribution in [3.63, 3.8) is 0 Å². The monoisotopic (exact) mass is 284 g/mol. The smallest absolute Gasteiger partial charge is 0.279 e. The Bertz CT molecular complexity index is 510. The van der Waals surface area contributed by atoms with Gasteiger partial charge in [0.1, 0.15) is 5.75 Å². The van der Waals surface area contributed by atoms with E-state index in [0.717, 1.165) is 24.2 Å². The number of rotatable bonds is 6. The van der Waals surface area contributed by atoms with Gasteiger partial charge >= 0.3 is 0 Å². The summed E-state index contributed by atoms with van der Waals surface area (Å²) >= 11 is 0. The van der Waals surface area contributed by atoms with Gasteiger partial charge in [0.2, 0.25) is 0 Å². The van der Waals surface area contributed by atoms with Crippen LogP contribution in [0.5, 0.6) is 5.75 Å². The molecule has 1 aromatic rings. The van der Waals surface area contributed by atoms with Crippen LogP contribution in [0.15, 0.2) is 24.3 Å². The molecule has 0 spiro atoms.